The molecule has 21 heavy (non-hydrogen) atoms. The Labute approximate surface area is 156 Å². The van der Waals surface area contributed by atoms with Crippen LogP contribution in [0, 0.1) is 5.92 Å². The molecule has 3 nitrogen and oxygen atoms in total. The van der Waals surface area contributed by atoms with Gasteiger partial charge in [-0.25, -0.2) is 0 Å². The molecule has 0 aromatic rings. The summed E-state index contributed by atoms with van der Waals surface area (Å²) in [5.74, 6) is 0.850. The predicted molar refractivity (Wildman–Crippen MR) is 85.6 cm³/mol. The fraction of sp³-hybridized carbons (Fsp3) is 0.824. The van der Waals surface area contributed by atoms with Crippen LogP contribution < -0.4 is 0 Å². The summed E-state index contributed by atoms with van der Waals surface area (Å²) in [5.41, 5.74) is 1.52. The first kappa shape index (κ1) is 23.5. The maximum Gasteiger partial charge on any atom is 0.219 e. The Morgan fingerprint density at radius 2 is 1.67 bits per heavy atom. The summed E-state index contributed by atoms with van der Waals surface area (Å²) in [5, 5.41) is 8.45. The number of amides is 1. The summed E-state index contributed by atoms with van der Waals surface area (Å²) in [6, 6.07) is 0. The van der Waals surface area contributed by atoms with Crippen LogP contribution in [-0.2, 0) is 37.5 Å². The molecule has 0 aromatic heterocycles. The second-order valence-corrected chi connectivity index (χ2v) is 5.66. The molecule has 4 heteroatoms. The van der Waals surface area contributed by atoms with E-state index >= 15 is 0 Å². The van der Waals surface area contributed by atoms with Crippen LogP contribution in [0.5, 0.6) is 0 Å². The molecule has 2 rings (SSSR count). The van der Waals surface area contributed by atoms with E-state index < -0.39 is 0 Å². The number of piperidine rings is 1. The van der Waals surface area contributed by atoms with Crippen LogP contribution in [-0.4, -0.2) is 35.1 Å². The van der Waals surface area contributed by atoms with E-state index in [1.54, 1.807) is 6.92 Å². The van der Waals surface area contributed by atoms with Gasteiger partial charge in [0.2, 0.25) is 5.91 Å². The van der Waals surface area contributed by atoms with Crippen LogP contribution >= 0.6 is 0 Å². The molecule has 1 aliphatic carbocycles. The van der Waals surface area contributed by atoms with Gasteiger partial charge in [0.25, 0.3) is 0 Å². The molecule has 1 saturated carbocycles. The third-order valence-electron chi connectivity index (χ3n) is 3.49. The molecular weight excluding hydrogens is 339 g/mol. The zero-order valence-electron chi connectivity index (χ0n) is 14.6. The number of hydrogen-bond donors (Lipinski definition) is 1. The van der Waals surface area contributed by atoms with E-state index in [1.807, 2.05) is 18.7 Å². The van der Waals surface area contributed by atoms with Crippen LogP contribution in [0.1, 0.15) is 66.7 Å². The van der Waals surface area contributed by atoms with E-state index in [4.69, 9.17) is 5.11 Å². The number of rotatable bonds is 1. The van der Waals surface area contributed by atoms with Crippen LogP contribution in [0.15, 0.2) is 11.6 Å². The fourth-order valence-electron chi connectivity index (χ4n) is 2.13. The molecule has 1 saturated heterocycles. The molecule has 0 aromatic carbocycles. The Morgan fingerprint density at radius 3 is 1.90 bits per heavy atom. The molecule has 1 N–H and O–H groups in total. The van der Waals surface area contributed by atoms with Gasteiger partial charge in [-0.1, -0.05) is 39.3 Å². The van der Waals surface area contributed by atoms with Crippen LogP contribution in [0.2, 0.25) is 0 Å². The van der Waals surface area contributed by atoms with E-state index in [1.165, 1.54) is 12.0 Å². The van der Waals surface area contributed by atoms with Crippen molar-refractivity contribution in [1.29, 1.82) is 0 Å². The van der Waals surface area contributed by atoms with Gasteiger partial charge in [-0.15, -0.1) is 0 Å². The maximum absolute atomic E-state index is 11.0. The summed E-state index contributed by atoms with van der Waals surface area (Å²) in [4.78, 5) is 13.0. The average Bonchev–Trinajstić information content (AvgIpc) is 2.39. The molecule has 121 valence electrons. The molecule has 0 spiro atoms. The van der Waals surface area contributed by atoms with Gasteiger partial charge in [-0.3, -0.25) is 4.79 Å². The van der Waals surface area contributed by atoms with Crippen molar-refractivity contribution < 1.29 is 42.6 Å². The van der Waals surface area contributed by atoms with Gasteiger partial charge in [-0.05, 0) is 38.0 Å². The van der Waals surface area contributed by atoms with Gasteiger partial charge in [-0.2, -0.15) is 0 Å². The second-order valence-electron chi connectivity index (χ2n) is 5.66. The van der Waals surface area contributed by atoms with E-state index in [9.17, 15) is 4.79 Å². The van der Waals surface area contributed by atoms with Crippen LogP contribution in [0.25, 0.3) is 0 Å². The minimum Gasteiger partial charge on any atom is -0.393 e. The first-order chi connectivity index (χ1) is 9.49. The monoisotopic (exact) mass is 372 g/mol. The predicted octanol–water partition coefficient (Wildman–Crippen LogP) is 3.77. The Kier molecular flexibility index (Phi) is 15.6. The van der Waals surface area contributed by atoms with Crippen molar-refractivity contribution in [3.63, 3.8) is 0 Å². The number of aliphatic hydroxyl groups excluding tert-OH is 1. The van der Waals surface area contributed by atoms with Crippen LogP contribution in [0.3, 0.4) is 0 Å². The zero-order chi connectivity index (χ0) is 15.5. The Balaban J connectivity index is 0. The number of allylic oxidation sites excluding steroid dienone is 1. The number of carbonyl (C=O) groups excluding carboxylic acids is 1. The molecule has 2 fully saturated rings. The van der Waals surface area contributed by atoms with Crippen molar-refractivity contribution in [2.45, 2.75) is 72.8 Å². The molecule has 1 aliphatic heterocycles. The molecule has 0 atom stereocenters. The number of carbonyl (C=O) groups is 1. The third kappa shape index (κ3) is 11.5. The second kappa shape index (κ2) is 13.9. The Hall–Kier alpha value is 0.274. The molecular formula is C17H33NO2Y. The van der Waals surface area contributed by atoms with Crippen molar-refractivity contribution in [3.05, 3.63) is 11.6 Å². The van der Waals surface area contributed by atoms with Gasteiger partial charge in [0.15, 0.2) is 0 Å². The van der Waals surface area contributed by atoms with Gasteiger partial charge < -0.3 is 10.0 Å². The quantitative estimate of drug-likeness (QED) is 0.712. The molecule has 1 radical (unpaired) electrons. The van der Waals surface area contributed by atoms with Crippen molar-refractivity contribution in [2.75, 3.05) is 13.1 Å². The summed E-state index contributed by atoms with van der Waals surface area (Å²) in [6.07, 6.45) is 7.85. The summed E-state index contributed by atoms with van der Waals surface area (Å²) in [7, 11) is 0. The van der Waals surface area contributed by atoms with E-state index in [0.29, 0.717) is 5.92 Å². The van der Waals surface area contributed by atoms with E-state index in [2.05, 4.69) is 19.9 Å². The molecule has 2 aliphatic rings. The first-order valence-corrected chi connectivity index (χ1v) is 8.12. The van der Waals surface area contributed by atoms with Gasteiger partial charge in [0, 0.05) is 52.7 Å². The standard InChI is InChI=1S/C11H19NO.C4H8O.C2H6.Y/c1-9(2)8-11-4-6-12(7-5-11)10(3)13;5-4-2-1-3-4;1-2;/h8-9H,4-7H2,1-3H3;4-5H,1-3H2;1-2H3;. The number of likely N-dealkylation sites (tertiary alicyclic amines) is 1. The fourth-order valence-corrected chi connectivity index (χ4v) is 2.13. The summed E-state index contributed by atoms with van der Waals surface area (Å²) < 4.78 is 0. The average molecular weight is 372 g/mol. The Bertz CT molecular complexity index is 289. The third-order valence-corrected chi connectivity index (χ3v) is 3.49. The zero-order valence-corrected chi connectivity index (χ0v) is 17.4. The van der Waals surface area contributed by atoms with Gasteiger partial charge in [0.05, 0.1) is 6.10 Å². The summed E-state index contributed by atoms with van der Waals surface area (Å²) in [6.45, 7) is 11.9. The van der Waals surface area contributed by atoms with Crippen molar-refractivity contribution in [2.24, 2.45) is 5.92 Å². The topological polar surface area (TPSA) is 40.5 Å². The molecule has 1 amide bonds. The van der Waals surface area contributed by atoms with Crippen molar-refractivity contribution in [1.82, 2.24) is 4.90 Å². The first-order valence-electron chi connectivity index (χ1n) is 8.12. The van der Waals surface area contributed by atoms with E-state index in [0.717, 1.165) is 38.8 Å². The van der Waals surface area contributed by atoms with E-state index in [-0.39, 0.29) is 44.7 Å². The van der Waals surface area contributed by atoms with Crippen molar-refractivity contribution in [3.8, 4) is 0 Å². The molecule has 0 bridgehead atoms. The van der Waals surface area contributed by atoms with Gasteiger partial charge >= 0.3 is 0 Å². The van der Waals surface area contributed by atoms with Crippen LogP contribution in [0.4, 0.5) is 0 Å². The minimum atomic E-state index is 0. The maximum atomic E-state index is 11.0. The largest absolute Gasteiger partial charge is 0.393 e. The number of nitrogens with zero attached hydrogens (tertiary/aromatic N) is 1. The smallest absolute Gasteiger partial charge is 0.219 e. The summed E-state index contributed by atoms with van der Waals surface area (Å²) >= 11 is 0. The molecule has 0 unspecified atom stereocenters. The minimum absolute atomic E-state index is 0. The SMILES string of the molecule is CC.CC(=O)N1CCC(=CC(C)C)CC1.OC1CCC1.[Y]. The normalized spacial score (nSPS) is 17.5. The molecule has 1 heterocycles. The number of aliphatic hydroxyl groups is 1. The van der Waals surface area contributed by atoms with Crippen molar-refractivity contribution >= 4 is 5.91 Å². The van der Waals surface area contributed by atoms with Gasteiger partial charge in [0.1, 0.15) is 0 Å². The Morgan fingerprint density at radius 1 is 1.24 bits per heavy atom. The number of hydrogen-bond acceptors (Lipinski definition) is 2.